The summed E-state index contributed by atoms with van der Waals surface area (Å²) < 4.78 is 0.800. The van der Waals surface area contributed by atoms with E-state index in [2.05, 4.69) is 77.1 Å². The molecule has 1 aromatic heterocycles. The average Bonchev–Trinajstić information content (AvgIpc) is 2.37. The maximum atomic E-state index is 4.62. The van der Waals surface area contributed by atoms with E-state index in [1.54, 1.807) is 0 Å². The molecule has 0 amide bonds. The molecule has 3 nitrogen and oxygen atoms in total. The fraction of sp³-hybridized carbons (Fsp3) is 0.375. The molecule has 0 saturated carbocycles. The number of hydrogen-bond acceptors (Lipinski definition) is 3. The van der Waals surface area contributed by atoms with E-state index >= 15 is 0 Å². The van der Waals surface area contributed by atoms with Gasteiger partial charge in [0.1, 0.15) is 16.2 Å². The smallest absolute Gasteiger partial charge is 0.137 e. The van der Waals surface area contributed by atoms with Gasteiger partial charge in [-0.25, -0.2) is 9.97 Å². The van der Waals surface area contributed by atoms with Crippen molar-refractivity contribution in [1.29, 1.82) is 0 Å². The van der Waals surface area contributed by atoms with E-state index in [9.17, 15) is 0 Å². The zero-order valence-electron chi connectivity index (χ0n) is 12.4. The zero-order valence-corrected chi connectivity index (χ0v) is 14.0. The number of aromatic nitrogens is 2. The van der Waals surface area contributed by atoms with Gasteiger partial charge < -0.3 is 5.32 Å². The number of benzene rings is 1. The Balaban J connectivity index is 2.36. The predicted molar refractivity (Wildman–Crippen MR) is 87.5 cm³/mol. The van der Waals surface area contributed by atoms with Crippen molar-refractivity contribution in [3.63, 3.8) is 0 Å². The van der Waals surface area contributed by atoms with E-state index in [1.165, 1.54) is 5.56 Å². The molecule has 0 spiro atoms. The molecule has 2 aromatic rings. The summed E-state index contributed by atoms with van der Waals surface area (Å²) in [7, 11) is 0. The summed E-state index contributed by atoms with van der Waals surface area (Å²) >= 11 is 3.46. The minimum absolute atomic E-state index is 0.0789. The number of anilines is 2. The zero-order chi connectivity index (χ0) is 14.8. The van der Waals surface area contributed by atoms with Gasteiger partial charge in [0.25, 0.3) is 0 Å². The third-order valence-electron chi connectivity index (χ3n) is 3.03. The van der Waals surface area contributed by atoms with Crippen LogP contribution in [0.2, 0.25) is 0 Å². The monoisotopic (exact) mass is 333 g/mol. The third kappa shape index (κ3) is 3.57. The molecule has 0 saturated heterocycles. The second kappa shape index (κ2) is 5.92. The molecule has 2 rings (SSSR count). The number of nitrogens with zero attached hydrogens (tertiary/aromatic N) is 2. The van der Waals surface area contributed by atoms with Crippen LogP contribution in [0.3, 0.4) is 0 Å². The molecule has 0 aliphatic heterocycles. The van der Waals surface area contributed by atoms with Crippen molar-refractivity contribution >= 4 is 27.4 Å². The van der Waals surface area contributed by atoms with Gasteiger partial charge in [0.05, 0.1) is 0 Å². The number of aryl methyl sites for hydroxylation is 1. The minimum Gasteiger partial charge on any atom is -0.340 e. The number of halogens is 1. The molecule has 1 N–H and O–H groups in total. The Morgan fingerprint density at radius 3 is 2.50 bits per heavy atom. The lowest BCUT2D eigenvalue weighted by molar-refractivity contribution is 0.544. The van der Waals surface area contributed by atoms with Gasteiger partial charge in [-0.2, -0.15) is 0 Å². The minimum atomic E-state index is -0.0789. The van der Waals surface area contributed by atoms with Gasteiger partial charge in [0.2, 0.25) is 0 Å². The van der Waals surface area contributed by atoms with Crippen LogP contribution in [0.5, 0.6) is 0 Å². The quantitative estimate of drug-likeness (QED) is 0.816. The van der Waals surface area contributed by atoms with Gasteiger partial charge in [0.15, 0.2) is 0 Å². The normalized spacial score (nSPS) is 11.4. The summed E-state index contributed by atoms with van der Waals surface area (Å²) in [4.78, 5) is 9.08. The Labute approximate surface area is 129 Å². The van der Waals surface area contributed by atoms with E-state index in [1.807, 2.05) is 12.1 Å². The molecule has 0 aliphatic carbocycles. The highest BCUT2D eigenvalue weighted by Gasteiger charge is 2.18. The van der Waals surface area contributed by atoms with Crippen LogP contribution in [0.15, 0.2) is 34.9 Å². The van der Waals surface area contributed by atoms with Crippen LogP contribution in [0.1, 0.15) is 39.1 Å². The van der Waals surface area contributed by atoms with E-state index in [4.69, 9.17) is 0 Å². The van der Waals surface area contributed by atoms with E-state index in [-0.39, 0.29) is 5.41 Å². The van der Waals surface area contributed by atoms with Crippen molar-refractivity contribution in [1.82, 2.24) is 9.97 Å². The van der Waals surface area contributed by atoms with Crippen molar-refractivity contribution in [2.45, 2.75) is 39.5 Å². The lowest BCUT2D eigenvalue weighted by atomic mass is 9.96. The fourth-order valence-electron chi connectivity index (χ4n) is 1.91. The highest BCUT2D eigenvalue weighted by molar-refractivity contribution is 9.10. The third-order valence-corrected chi connectivity index (χ3v) is 3.43. The summed E-state index contributed by atoms with van der Waals surface area (Å²) in [6, 6.07) is 10.2. The van der Waals surface area contributed by atoms with Crippen LogP contribution >= 0.6 is 15.9 Å². The second-order valence-corrected chi connectivity index (χ2v) is 6.60. The predicted octanol–water partition coefficient (Wildman–Crippen LogP) is 4.84. The first-order chi connectivity index (χ1) is 9.40. The topological polar surface area (TPSA) is 37.8 Å². The van der Waals surface area contributed by atoms with Crippen LogP contribution in [-0.4, -0.2) is 9.97 Å². The van der Waals surface area contributed by atoms with Gasteiger partial charge in [-0.3, -0.25) is 0 Å². The molecule has 4 heteroatoms. The van der Waals surface area contributed by atoms with E-state index in [0.717, 1.165) is 28.4 Å². The molecule has 0 unspecified atom stereocenters. The standard InChI is InChI=1S/C16H20BrN3/c1-5-11-8-6-7-9-12(11)18-14-10-13(17)19-15(20-14)16(2,3)4/h6-10H,5H2,1-4H3,(H,18,19,20). The highest BCUT2D eigenvalue weighted by Crippen LogP contribution is 2.25. The molecule has 0 bridgehead atoms. The van der Waals surface area contributed by atoms with E-state index in [0.29, 0.717) is 0 Å². The fourth-order valence-corrected chi connectivity index (χ4v) is 2.29. The number of hydrogen-bond donors (Lipinski definition) is 1. The number of nitrogens with one attached hydrogen (secondary N) is 1. The lowest BCUT2D eigenvalue weighted by Crippen LogP contribution is -2.17. The number of rotatable bonds is 3. The molecular weight excluding hydrogens is 314 g/mol. The van der Waals surface area contributed by atoms with Crippen LogP contribution in [0, 0.1) is 0 Å². The molecule has 0 radical (unpaired) electrons. The largest absolute Gasteiger partial charge is 0.340 e. The highest BCUT2D eigenvalue weighted by atomic mass is 79.9. The van der Waals surface area contributed by atoms with Crippen molar-refractivity contribution < 1.29 is 0 Å². The van der Waals surface area contributed by atoms with Gasteiger partial charge in [-0.15, -0.1) is 0 Å². The molecule has 0 atom stereocenters. The lowest BCUT2D eigenvalue weighted by Gasteiger charge is -2.18. The molecule has 1 heterocycles. The average molecular weight is 334 g/mol. The summed E-state index contributed by atoms with van der Waals surface area (Å²) in [6.45, 7) is 8.48. The van der Waals surface area contributed by atoms with Gasteiger partial charge in [-0.05, 0) is 34.0 Å². The van der Waals surface area contributed by atoms with Crippen molar-refractivity contribution in [3.8, 4) is 0 Å². The Morgan fingerprint density at radius 2 is 1.85 bits per heavy atom. The summed E-state index contributed by atoms with van der Waals surface area (Å²) in [5.74, 6) is 1.64. The maximum absolute atomic E-state index is 4.62. The molecule has 106 valence electrons. The van der Waals surface area contributed by atoms with Crippen molar-refractivity contribution in [2.24, 2.45) is 0 Å². The van der Waals surface area contributed by atoms with Gasteiger partial charge in [-0.1, -0.05) is 45.9 Å². The Kier molecular flexibility index (Phi) is 4.43. The summed E-state index contributed by atoms with van der Waals surface area (Å²) in [5, 5.41) is 3.40. The van der Waals surface area contributed by atoms with Crippen molar-refractivity contribution in [2.75, 3.05) is 5.32 Å². The van der Waals surface area contributed by atoms with Crippen LogP contribution < -0.4 is 5.32 Å². The molecule has 20 heavy (non-hydrogen) atoms. The first-order valence-electron chi connectivity index (χ1n) is 6.80. The van der Waals surface area contributed by atoms with Gasteiger partial charge in [0, 0.05) is 17.2 Å². The first kappa shape index (κ1) is 15.0. The van der Waals surface area contributed by atoms with Crippen LogP contribution in [0.25, 0.3) is 0 Å². The van der Waals surface area contributed by atoms with Crippen LogP contribution in [0.4, 0.5) is 11.5 Å². The Hall–Kier alpha value is -1.42. The molecular formula is C16H20BrN3. The molecule has 0 fully saturated rings. The maximum Gasteiger partial charge on any atom is 0.137 e. The van der Waals surface area contributed by atoms with Crippen molar-refractivity contribution in [3.05, 3.63) is 46.3 Å². The number of para-hydroxylation sites is 1. The molecule has 1 aromatic carbocycles. The Bertz CT molecular complexity index is 603. The van der Waals surface area contributed by atoms with E-state index < -0.39 is 0 Å². The van der Waals surface area contributed by atoms with Gasteiger partial charge >= 0.3 is 0 Å². The summed E-state index contributed by atoms with van der Waals surface area (Å²) in [5.41, 5.74) is 2.30. The first-order valence-corrected chi connectivity index (χ1v) is 7.59. The second-order valence-electron chi connectivity index (χ2n) is 5.79. The SMILES string of the molecule is CCc1ccccc1Nc1cc(Br)nc(C(C)(C)C)n1. The molecule has 0 aliphatic rings. The summed E-state index contributed by atoms with van der Waals surface area (Å²) in [6.07, 6.45) is 0.988. The Morgan fingerprint density at radius 1 is 1.15 bits per heavy atom. The van der Waals surface area contributed by atoms with Crippen LogP contribution in [-0.2, 0) is 11.8 Å².